The van der Waals surface area contributed by atoms with E-state index >= 15 is 0 Å². The van der Waals surface area contributed by atoms with Crippen LogP contribution in [-0.2, 0) is 11.3 Å². The van der Waals surface area contributed by atoms with Crippen LogP contribution in [0.15, 0.2) is 18.2 Å². The van der Waals surface area contributed by atoms with Crippen molar-refractivity contribution < 1.29 is 13.9 Å². The van der Waals surface area contributed by atoms with Crippen molar-refractivity contribution in [2.75, 3.05) is 19.7 Å². The first kappa shape index (κ1) is 12.4. The number of hydrogen-bond donors (Lipinski definition) is 1. The van der Waals surface area contributed by atoms with Crippen LogP contribution >= 0.6 is 0 Å². The second kappa shape index (κ2) is 5.52. The van der Waals surface area contributed by atoms with Crippen molar-refractivity contribution in [3.63, 3.8) is 0 Å². The van der Waals surface area contributed by atoms with Gasteiger partial charge in [0, 0.05) is 12.1 Å². The van der Waals surface area contributed by atoms with Gasteiger partial charge in [-0.25, -0.2) is 9.18 Å². The van der Waals surface area contributed by atoms with Crippen molar-refractivity contribution in [2.45, 2.75) is 6.54 Å². The van der Waals surface area contributed by atoms with Crippen LogP contribution in [0.25, 0.3) is 0 Å². The van der Waals surface area contributed by atoms with Gasteiger partial charge < -0.3 is 15.4 Å². The van der Waals surface area contributed by atoms with E-state index in [1.54, 1.807) is 6.07 Å². The lowest BCUT2D eigenvalue weighted by Crippen LogP contribution is -2.23. The Bertz CT molecular complexity index is 519. The number of cyclic esters (lactones) is 1. The predicted molar refractivity (Wildman–Crippen MR) is 64.1 cm³/mol. The molecule has 1 aliphatic rings. The minimum Gasteiger partial charge on any atom is -0.448 e. The topological polar surface area (TPSA) is 55.6 Å². The molecule has 0 aromatic heterocycles. The second-order valence-electron chi connectivity index (χ2n) is 3.89. The summed E-state index contributed by atoms with van der Waals surface area (Å²) in [7, 11) is 0. The zero-order valence-corrected chi connectivity index (χ0v) is 9.78. The third-order valence-electron chi connectivity index (χ3n) is 2.51. The third-order valence-corrected chi connectivity index (χ3v) is 2.51. The summed E-state index contributed by atoms with van der Waals surface area (Å²) in [4.78, 5) is 12.8. The molecule has 2 rings (SSSR count). The maximum atomic E-state index is 13.4. The highest BCUT2D eigenvalue weighted by atomic mass is 19.1. The summed E-state index contributed by atoms with van der Waals surface area (Å²) in [5.74, 6) is 5.07. The number of halogens is 1. The first-order valence-electron chi connectivity index (χ1n) is 5.59. The monoisotopic (exact) mass is 248 g/mol. The van der Waals surface area contributed by atoms with E-state index in [0.29, 0.717) is 30.8 Å². The third kappa shape index (κ3) is 2.99. The Morgan fingerprint density at radius 3 is 2.94 bits per heavy atom. The first-order chi connectivity index (χ1) is 8.69. The number of benzene rings is 1. The fraction of sp³-hybridized carbons (Fsp3) is 0.308. The maximum absolute atomic E-state index is 13.4. The largest absolute Gasteiger partial charge is 0.448 e. The van der Waals surface area contributed by atoms with Crippen molar-refractivity contribution in [1.29, 1.82) is 0 Å². The molecule has 0 atom stereocenters. The first-order valence-corrected chi connectivity index (χ1v) is 5.59. The van der Waals surface area contributed by atoms with Crippen molar-refractivity contribution in [1.82, 2.24) is 4.90 Å². The molecule has 4 nitrogen and oxygen atoms in total. The summed E-state index contributed by atoms with van der Waals surface area (Å²) in [5.41, 5.74) is 6.51. The molecular weight excluding hydrogens is 235 g/mol. The molecule has 1 fully saturated rings. The van der Waals surface area contributed by atoms with E-state index in [2.05, 4.69) is 11.8 Å². The van der Waals surface area contributed by atoms with Crippen LogP contribution in [0.3, 0.4) is 0 Å². The highest BCUT2D eigenvalue weighted by molar-refractivity contribution is 5.69. The van der Waals surface area contributed by atoms with Gasteiger partial charge in [-0.3, -0.25) is 0 Å². The van der Waals surface area contributed by atoms with Crippen molar-refractivity contribution in [2.24, 2.45) is 5.73 Å². The molecule has 1 amide bonds. The van der Waals surface area contributed by atoms with Crippen LogP contribution in [0.1, 0.15) is 11.1 Å². The number of rotatable bonds is 2. The number of carbonyl (C=O) groups excluding carboxylic acids is 1. The fourth-order valence-electron chi connectivity index (χ4n) is 1.76. The quantitative estimate of drug-likeness (QED) is 0.797. The Morgan fingerprint density at radius 1 is 1.44 bits per heavy atom. The number of amides is 1. The van der Waals surface area contributed by atoms with Gasteiger partial charge in [0.1, 0.15) is 12.4 Å². The lowest BCUT2D eigenvalue weighted by molar-refractivity contribution is 0.157. The van der Waals surface area contributed by atoms with Gasteiger partial charge in [0.2, 0.25) is 0 Å². The molecule has 5 heteroatoms. The molecule has 18 heavy (non-hydrogen) atoms. The molecule has 0 aliphatic carbocycles. The van der Waals surface area contributed by atoms with Gasteiger partial charge in [-0.1, -0.05) is 11.8 Å². The summed E-state index contributed by atoms with van der Waals surface area (Å²) in [6, 6.07) is 4.48. The lowest BCUT2D eigenvalue weighted by Gasteiger charge is -2.12. The summed E-state index contributed by atoms with van der Waals surface area (Å²) >= 11 is 0. The van der Waals surface area contributed by atoms with Crippen LogP contribution in [0.5, 0.6) is 0 Å². The van der Waals surface area contributed by atoms with Crippen LogP contribution in [0.2, 0.25) is 0 Å². The van der Waals surface area contributed by atoms with Crippen LogP contribution in [-0.4, -0.2) is 30.7 Å². The minimum atomic E-state index is -0.374. The van der Waals surface area contributed by atoms with Crippen molar-refractivity contribution >= 4 is 6.09 Å². The van der Waals surface area contributed by atoms with Gasteiger partial charge in [0.25, 0.3) is 0 Å². The molecule has 1 aromatic carbocycles. The highest BCUT2D eigenvalue weighted by Crippen LogP contribution is 2.14. The summed E-state index contributed by atoms with van der Waals surface area (Å²) in [6.45, 7) is 1.46. The number of carbonyl (C=O) groups is 1. The Balaban J connectivity index is 2.17. The second-order valence-corrected chi connectivity index (χ2v) is 3.89. The van der Waals surface area contributed by atoms with E-state index in [0.717, 1.165) is 0 Å². The van der Waals surface area contributed by atoms with Crippen LogP contribution < -0.4 is 5.73 Å². The molecule has 1 saturated heterocycles. The fourth-order valence-corrected chi connectivity index (χ4v) is 1.76. The molecule has 1 aromatic rings. The van der Waals surface area contributed by atoms with Gasteiger partial charge in [0.15, 0.2) is 0 Å². The Morgan fingerprint density at radius 2 is 2.28 bits per heavy atom. The average molecular weight is 248 g/mol. The normalized spacial score (nSPS) is 14.1. The zero-order chi connectivity index (χ0) is 13.0. The minimum absolute atomic E-state index is 0.226. The van der Waals surface area contributed by atoms with Crippen LogP contribution in [0, 0.1) is 17.7 Å². The number of hydrogen-bond acceptors (Lipinski definition) is 3. The van der Waals surface area contributed by atoms with Crippen molar-refractivity contribution in [3.8, 4) is 11.8 Å². The number of nitrogens with two attached hydrogens (primary N) is 1. The summed E-state index contributed by atoms with van der Waals surface area (Å²) < 4.78 is 18.2. The predicted octanol–water partition coefficient (Wildman–Crippen LogP) is 1.09. The summed E-state index contributed by atoms with van der Waals surface area (Å²) in [5, 5.41) is 0. The standard InChI is InChI=1S/C13H13FN2O2/c14-12-7-10(2-1-3-15)6-11(8-12)9-16-4-5-18-13(16)17/h6-8H,3-5,9,15H2. The van der Waals surface area contributed by atoms with E-state index in [-0.39, 0.29) is 18.5 Å². The number of ether oxygens (including phenoxy) is 1. The van der Waals surface area contributed by atoms with Crippen LogP contribution in [0.4, 0.5) is 9.18 Å². The molecule has 0 radical (unpaired) electrons. The Labute approximate surface area is 105 Å². The van der Waals surface area contributed by atoms with Crippen molar-refractivity contribution in [3.05, 3.63) is 35.1 Å². The van der Waals surface area contributed by atoms with E-state index in [9.17, 15) is 9.18 Å². The maximum Gasteiger partial charge on any atom is 0.410 e. The van der Waals surface area contributed by atoms with Gasteiger partial charge in [-0.2, -0.15) is 0 Å². The average Bonchev–Trinajstić information content (AvgIpc) is 2.72. The summed E-state index contributed by atoms with van der Waals surface area (Å²) in [6.07, 6.45) is -0.367. The SMILES string of the molecule is NCC#Cc1cc(F)cc(CN2CCOC2=O)c1. The Kier molecular flexibility index (Phi) is 3.80. The van der Waals surface area contributed by atoms with Gasteiger partial charge in [-0.15, -0.1) is 0 Å². The molecular formula is C13H13FN2O2. The highest BCUT2D eigenvalue weighted by Gasteiger charge is 2.21. The molecule has 0 spiro atoms. The molecule has 1 aliphatic heterocycles. The van der Waals surface area contributed by atoms with E-state index in [4.69, 9.17) is 10.5 Å². The Hall–Kier alpha value is -2.06. The zero-order valence-electron chi connectivity index (χ0n) is 9.78. The van der Waals surface area contributed by atoms with E-state index in [1.807, 2.05) is 0 Å². The van der Waals surface area contributed by atoms with E-state index < -0.39 is 0 Å². The molecule has 94 valence electrons. The molecule has 1 heterocycles. The molecule has 2 N–H and O–H groups in total. The van der Waals surface area contributed by atoms with Gasteiger partial charge in [0.05, 0.1) is 13.1 Å². The number of nitrogens with zero attached hydrogens (tertiary/aromatic N) is 1. The molecule has 0 saturated carbocycles. The molecule has 0 bridgehead atoms. The lowest BCUT2D eigenvalue weighted by atomic mass is 10.1. The van der Waals surface area contributed by atoms with Gasteiger partial charge in [-0.05, 0) is 23.8 Å². The van der Waals surface area contributed by atoms with Gasteiger partial charge >= 0.3 is 6.09 Å². The smallest absolute Gasteiger partial charge is 0.410 e. The van der Waals surface area contributed by atoms with E-state index in [1.165, 1.54) is 17.0 Å². The molecule has 0 unspecified atom stereocenters.